The number of cyclic esters (lactones) is 1. The van der Waals surface area contributed by atoms with Crippen molar-refractivity contribution < 1.29 is 9.53 Å². The summed E-state index contributed by atoms with van der Waals surface area (Å²) in [7, 11) is 3.97. The standard InChI is InChI=1S/C9H19N3O2/c1-11(2)5-6-12-7-8(3-4-10)14-9(12)13/h8H,3-7,10H2,1-2H3. The third kappa shape index (κ3) is 3.16. The molecule has 0 aromatic carbocycles. The van der Waals surface area contributed by atoms with Gasteiger partial charge >= 0.3 is 6.09 Å². The first-order valence-corrected chi connectivity index (χ1v) is 4.94. The minimum atomic E-state index is -0.203. The number of hydrogen-bond donors (Lipinski definition) is 1. The second-order valence-corrected chi connectivity index (χ2v) is 3.83. The third-order valence-corrected chi connectivity index (χ3v) is 2.26. The van der Waals surface area contributed by atoms with Crippen molar-refractivity contribution in [2.45, 2.75) is 12.5 Å². The summed E-state index contributed by atoms with van der Waals surface area (Å²) in [4.78, 5) is 15.1. The van der Waals surface area contributed by atoms with E-state index in [9.17, 15) is 4.79 Å². The van der Waals surface area contributed by atoms with Gasteiger partial charge in [-0.05, 0) is 27.1 Å². The van der Waals surface area contributed by atoms with E-state index in [1.807, 2.05) is 19.0 Å². The van der Waals surface area contributed by atoms with E-state index in [4.69, 9.17) is 10.5 Å². The number of ether oxygens (including phenoxy) is 1. The van der Waals surface area contributed by atoms with Gasteiger partial charge in [-0.2, -0.15) is 0 Å². The Bertz CT molecular complexity index is 196. The van der Waals surface area contributed by atoms with E-state index in [0.29, 0.717) is 13.1 Å². The maximum atomic E-state index is 11.3. The second kappa shape index (κ2) is 5.17. The first-order chi connectivity index (χ1) is 6.63. The van der Waals surface area contributed by atoms with Gasteiger partial charge in [-0.1, -0.05) is 0 Å². The number of nitrogens with zero attached hydrogens (tertiary/aromatic N) is 2. The summed E-state index contributed by atoms with van der Waals surface area (Å²) in [5.41, 5.74) is 5.40. The Labute approximate surface area is 84.8 Å². The summed E-state index contributed by atoms with van der Waals surface area (Å²) in [5.74, 6) is 0. The molecule has 5 nitrogen and oxygen atoms in total. The van der Waals surface area contributed by atoms with Crippen LogP contribution in [-0.4, -0.2) is 62.3 Å². The Kier molecular flexibility index (Phi) is 4.16. The lowest BCUT2D eigenvalue weighted by Crippen LogP contribution is -2.32. The summed E-state index contributed by atoms with van der Waals surface area (Å²) in [6.45, 7) is 2.85. The summed E-state index contributed by atoms with van der Waals surface area (Å²) in [6, 6.07) is 0. The SMILES string of the molecule is CN(C)CCN1CC(CCN)OC1=O. The van der Waals surface area contributed by atoms with Crippen LogP contribution in [0.25, 0.3) is 0 Å². The molecule has 0 spiro atoms. The van der Waals surface area contributed by atoms with Gasteiger partial charge in [0.05, 0.1) is 6.54 Å². The first-order valence-electron chi connectivity index (χ1n) is 4.94. The van der Waals surface area contributed by atoms with Crippen molar-refractivity contribution in [3.8, 4) is 0 Å². The Balaban J connectivity index is 2.29. The minimum absolute atomic E-state index is 0.00494. The average Bonchev–Trinajstić information content (AvgIpc) is 2.44. The van der Waals surface area contributed by atoms with Crippen molar-refractivity contribution in [2.24, 2.45) is 5.73 Å². The molecule has 0 radical (unpaired) electrons. The van der Waals surface area contributed by atoms with Crippen LogP contribution < -0.4 is 5.73 Å². The van der Waals surface area contributed by atoms with Crippen LogP contribution in [0.2, 0.25) is 0 Å². The number of rotatable bonds is 5. The second-order valence-electron chi connectivity index (χ2n) is 3.83. The average molecular weight is 201 g/mol. The lowest BCUT2D eigenvalue weighted by molar-refractivity contribution is 0.129. The van der Waals surface area contributed by atoms with Crippen LogP contribution in [-0.2, 0) is 4.74 Å². The maximum Gasteiger partial charge on any atom is 0.410 e. The van der Waals surface area contributed by atoms with Gasteiger partial charge in [-0.3, -0.25) is 0 Å². The van der Waals surface area contributed by atoms with Gasteiger partial charge < -0.3 is 20.3 Å². The predicted molar refractivity (Wildman–Crippen MR) is 54.1 cm³/mol. The van der Waals surface area contributed by atoms with Crippen LogP contribution in [0.4, 0.5) is 4.79 Å². The highest BCUT2D eigenvalue weighted by atomic mass is 16.6. The fourth-order valence-corrected chi connectivity index (χ4v) is 1.41. The van der Waals surface area contributed by atoms with E-state index in [1.54, 1.807) is 4.90 Å². The van der Waals surface area contributed by atoms with Gasteiger partial charge in [0, 0.05) is 13.1 Å². The number of nitrogens with two attached hydrogens (primary N) is 1. The zero-order valence-corrected chi connectivity index (χ0v) is 8.90. The van der Waals surface area contributed by atoms with Crippen LogP contribution in [0.5, 0.6) is 0 Å². The van der Waals surface area contributed by atoms with Gasteiger partial charge in [-0.25, -0.2) is 4.79 Å². The molecule has 2 N–H and O–H groups in total. The van der Waals surface area contributed by atoms with Crippen molar-refractivity contribution in [1.82, 2.24) is 9.80 Å². The van der Waals surface area contributed by atoms with Crippen molar-refractivity contribution >= 4 is 6.09 Å². The van der Waals surface area contributed by atoms with Crippen LogP contribution in [0.1, 0.15) is 6.42 Å². The van der Waals surface area contributed by atoms with E-state index in [0.717, 1.165) is 19.5 Å². The molecule has 1 fully saturated rings. The number of carbonyl (C=O) groups excluding carboxylic acids is 1. The predicted octanol–water partition coefficient (Wildman–Crippen LogP) is -0.282. The van der Waals surface area contributed by atoms with E-state index >= 15 is 0 Å². The Morgan fingerprint density at radius 1 is 1.64 bits per heavy atom. The maximum absolute atomic E-state index is 11.3. The highest BCUT2D eigenvalue weighted by Gasteiger charge is 2.29. The number of amides is 1. The minimum Gasteiger partial charge on any atom is -0.444 e. The topological polar surface area (TPSA) is 58.8 Å². The van der Waals surface area contributed by atoms with E-state index in [2.05, 4.69) is 0 Å². The third-order valence-electron chi connectivity index (χ3n) is 2.26. The molecule has 0 bridgehead atoms. The smallest absolute Gasteiger partial charge is 0.410 e. The molecule has 1 heterocycles. The van der Waals surface area contributed by atoms with Gasteiger partial charge in [0.1, 0.15) is 6.10 Å². The molecular formula is C9H19N3O2. The van der Waals surface area contributed by atoms with Crippen molar-refractivity contribution in [3.63, 3.8) is 0 Å². The Morgan fingerprint density at radius 3 is 2.93 bits per heavy atom. The molecule has 1 amide bonds. The van der Waals surface area contributed by atoms with Crippen molar-refractivity contribution in [2.75, 3.05) is 40.3 Å². The molecule has 14 heavy (non-hydrogen) atoms. The van der Waals surface area contributed by atoms with Crippen molar-refractivity contribution in [1.29, 1.82) is 0 Å². The normalized spacial score (nSPS) is 21.9. The van der Waals surface area contributed by atoms with Gasteiger partial charge in [0.2, 0.25) is 0 Å². The lowest BCUT2D eigenvalue weighted by atomic mass is 10.2. The van der Waals surface area contributed by atoms with Gasteiger partial charge in [0.15, 0.2) is 0 Å². The Morgan fingerprint density at radius 2 is 2.36 bits per heavy atom. The van der Waals surface area contributed by atoms with E-state index in [1.165, 1.54) is 0 Å². The zero-order valence-electron chi connectivity index (χ0n) is 8.90. The first kappa shape index (κ1) is 11.3. The Hall–Kier alpha value is -0.810. The zero-order chi connectivity index (χ0) is 10.6. The monoisotopic (exact) mass is 201 g/mol. The summed E-state index contributed by atoms with van der Waals surface area (Å²) in [5, 5.41) is 0. The molecule has 0 aromatic heterocycles. The molecule has 1 rings (SSSR count). The van der Waals surface area contributed by atoms with Crippen LogP contribution >= 0.6 is 0 Å². The summed E-state index contributed by atoms with van der Waals surface area (Å²) >= 11 is 0. The molecule has 0 aliphatic carbocycles. The molecule has 1 unspecified atom stereocenters. The highest BCUT2D eigenvalue weighted by Crippen LogP contribution is 2.12. The molecule has 1 saturated heterocycles. The quantitative estimate of drug-likeness (QED) is 0.664. The van der Waals surface area contributed by atoms with Crippen LogP contribution in [0, 0.1) is 0 Å². The largest absolute Gasteiger partial charge is 0.444 e. The molecular weight excluding hydrogens is 182 g/mol. The fourth-order valence-electron chi connectivity index (χ4n) is 1.41. The number of carbonyl (C=O) groups is 1. The number of likely N-dealkylation sites (N-methyl/N-ethyl adjacent to an activating group) is 1. The van der Waals surface area contributed by atoms with Gasteiger partial charge in [0.25, 0.3) is 0 Å². The fraction of sp³-hybridized carbons (Fsp3) is 0.889. The molecule has 5 heteroatoms. The molecule has 1 aliphatic heterocycles. The number of hydrogen-bond acceptors (Lipinski definition) is 4. The van der Waals surface area contributed by atoms with Crippen LogP contribution in [0.15, 0.2) is 0 Å². The van der Waals surface area contributed by atoms with Crippen LogP contribution in [0.3, 0.4) is 0 Å². The molecule has 0 aromatic rings. The van der Waals surface area contributed by atoms with Gasteiger partial charge in [-0.15, -0.1) is 0 Å². The van der Waals surface area contributed by atoms with E-state index in [-0.39, 0.29) is 12.2 Å². The molecule has 1 aliphatic rings. The molecule has 1 atom stereocenters. The molecule has 0 saturated carbocycles. The highest BCUT2D eigenvalue weighted by molar-refractivity contribution is 5.69. The van der Waals surface area contributed by atoms with E-state index < -0.39 is 0 Å². The summed E-state index contributed by atoms with van der Waals surface area (Å²) < 4.78 is 5.14. The summed E-state index contributed by atoms with van der Waals surface area (Å²) in [6.07, 6.45) is 0.546. The van der Waals surface area contributed by atoms with Crippen molar-refractivity contribution in [3.05, 3.63) is 0 Å². The lowest BCUT2D eigenvalue weighted by Gasteiger charge is -2.16. The molecule has 82 valence electrons.